The van der Waals surface area contributed by atoms with Crippen LogP contribution in [0.15, 0.2) is 12.3 Å². The molecule has 4 nitrogen and oxygen atoms in total. The fourth-order valence-corrected chi connectivity index (χ4v) is 0.940. The normalized spacial score (nSPS) is 9.92. The Kier molecular flexibility index (Phi) is 3.37. The van der Waals surface area contributed by atoms with Crippen molar-refractivity contribution >= 4 is 11.7 Å². The van der Waals surface area contributed by atoms with Crippen LogP contribution in [0.1, 0.15) is 30.3 Å². The summed E-state index contributed by atoms with van der Waals surface area (Å²) >= 11 is 0. The van der Waals surface area contributed by atoms with E-state index in [9.17, 15) is 4.79 Å². The number of aromatic amines is 1. The molecule has 1 aromatic heterocycles. The largest absolute Gasteiger partial charge is 0.461 e. The molecule has 0 radical (unpaired) electrons. The molecule has 0 aliphatic rings. The summed E-state index contributed by atoms with van der Waals surface area (Å²) in [5, 5.41) is 0. The number of hydrogen-bond acceptors (Lipinski definition) is 3. The monoisotopic (exact) mass is 182 g/mol. The van der Waals surface area contributed by atoms with Crippen molar-refractivity contribution < 1.29 is 9.53 Å². The lowest BCUT2D eigenvalue weighted by atomic mass is 10.3. The molecule has 0 aliphatic carbocycles. The second-order valence-corrected chi connectivity index (χ2v) is 2.80. The highest BCUT2D eigenvalue weighted by molar-refractivity contribution is 5.93. The summed E-state index contributed by atoms with van der Waals surface area (Å²) < 4.78 is 4.96. The number of carbonyl (C=O) groups is 1. The van der Waals surface area contributed by atoms with Crippen molar-refractivity contribution in [2.45, 2.75) is 19.8 Å². The molecule has 0 aliphatic heterocycles. The SMILES string of the molecule is CCCCOC(=O)c1[nH]ccc1N. The summed E-state index contributed by atoms with van der Waals surface area (Å²) in [7, 11) is 0. The third kappa shape index (κ3) is 2.50. The van der Waals surface area contributed by atoms with Crippen molar-refractivity contribution in [2.24, 2.45) is 0 Å². The average molecular weight is 182 g/mol. The first-order valence-electron chi connectivity index (χ1n) is 4.35. The zero-order chi connectivity index (χ0) is 9.68. The molecule has 72 valence electrons. The lowest BCUT2D eigenvalue weighted by Crippen LogP contribution is -2.08. The van der Waals surface area contributed by atoms with Crippen molar-refractivity contribution in [2.75, 3.05) is 12.3 Å². The van der Waals surface area contributed by atoms with E-state index < -0.39 is 0 Å². The predicted octanol–water partition coefficient (Wildman–Crippen LogP) is 1.55. The van der Waals surface area contributed by atoms with Crippen molar-refractivity contribution in [3.8, 4) is 0 Å². The minimum atomic E-state index is -0.379. The number of rotatable bonds is 4. The Labute approximate surface area is 77.1 Å². The first-order valence-corrected chi connectivity index (χ1v) is 4.35. The zero-order valence-corrected chi connectivity index (χ0v) is 7.67. The van der Waals surface area contributed by atoms with E-state index in [2.05, 4.69) is 4.98 Å². The Morgan fingerprint density at radius 1 is 1.69 bits per heavy atom. The Bertz CT molecular complexity index is 281. The zero-order valence-electron chi connectivity index (χ0n) is 7.67. The number of carbonyl (C=O) groups excluding carboxylic acids is 1. The van der Waals surface area contributed by atoms with Gasteiger partial charge in [0.2, 0.25) is 0 Å². The maximum atomic E-state index is 11.3. The van der Waals surface area contributed by atoms with Gasteiger partial charge in [-0.05, 0) is 12.5 Å². The maximum Gasteiger partial charge on any atom is 0.356 e. The van der Waals surface area contributed by atoms with Crippen molar-refractivity contribution in [1.82, 2.24) is 4.98 Å². The summed E-state index contributed by atoms with van der Waals surface area (Å²) in [6.07, 6.45) is 3.51. The van der Waals surface area contributed by atoms with E-state index in [1.807, 2.05) is 6.92 Å². The van der Waals surface area contributed by atoms with Crippen LogP contribution < -0.4 is 5.73 Å². The Balaban J connectivity index is 2.45. The van der Waals surface area contributed by atoms with E-state index in [0.717, 1.165) is 12.8 Å². The number of nitrogen functional groups attached to an aromatic ring is 1. The van der Waals surface area contributed by atoms with Crippen LogP contribution in [0.25, 0.3) is 0 Å². The molecule has 0 atom stereocenters. The molecule has 0 unspecified atom stereocenters. The minimum Gasteiger partial charge on any atom is -0.461 e. The van der Waals surface area contributed by atoms with Crippen LogP contribution in [-0.4, -0.2) is 17.6 Å². The van der Waals surface area contributed by atoms with E-state index in [4.69, 9.17) is 10.5 Å². The average Bonchev–Trinajstić information content (AvgIpc) is 2.52. The maximum absolute atomic E-state index is 11.3. The van der Waals surface area contributed by atoms with Gasteiger partial charge < -0.3 is 15.5 Å². The van der Waals surface area contributed by atoms with Crippen LogP contribution in [0.2, 0.25) is 0 Å². The predicted molar refractivity (Wildman–Crippen MR) is 50.4 cm³/mol. The highest BCUT2D eigenvalue weighted by Crippen LogP contribution is 2.09. The van der Waals surface area contributed by atoms with Gasteiger partial charge in [-0.2, -0.15) is 0 Å². The molecule has 0 saturated carbocycles. The van der Waals surface area contributed by atoms with Crippen molar-refractivity contribution in [3.63, 3.8) is 0 Å². The van der Waals surface area contributed by atoms with Gasteiger partial charge in [-0.1, -0.05) is 13.3 Å². The number of esters is 1. The molecule has 0 saturated heterocycles. The molecular formula is C9H14N2O2. The quantitative estimate of drug-likeness (QED) is 0.548. The van der Waals surface area contributed by atoms with Gasteiger partial charge in [-0.25, -0.2) is 4.79 Å². The van der Waals surface area contributed by atoms with Gasteiger partial charge in [0.1, 0.15) is 5.69 Å². The van der Waals surface area contributed by atoms with Crippen LogP contribution >= 0.6 is 0 Å². The van der Waals surface area contributed by atoms with Crippen molar-refractivity contribution in [1.29, 1.82) is 0 Å². The molecule has 0 spiro atoms. The van der Waals surface area contributed by atoms with Crippen LogP contribution in [0, 0.1) is 0 Å². The van der Waals surface area contributed by atoms with E-state index in [1.54, 1.807) is 12.3 Å². The van der Waals surface area contributed by atoms with Crippen LogP contribution in [0.3, 0.4) is 0 Å². The van der Waals surface area contributed by atoms with Crippen LogP contribution in [-0.2, 0) is 4.74 Å². The Hall–Kier alpha value is -1.45. The second-order valence-electron chi connectivity index (χ2n) is 2.80. The molecule has 0 fully saturated rings. The molecule has 0 bridgehead atoms. The summed E-state index contributed by atoms with van der Waals surface area (Å²) in [6, 6.07) is 1.64. The van der Waals surface area contributed by atoms with E-state index in [-0.39, 0.29) is 5.97 Å². The summed E-state index contributed by atoms with van der Waals surface area (Å²) in [6.45, 7) is 2.49. The van der Waals surface area contributed by atoms with Gasteiger partial charge >= 0.3 is 5.97 Å². The van der Waals surface area contributed by atoms with E-state index >= 15 is 0 Å². The van der Waals surface area contributed by atoms with Gasteiger partial charge in [0, 0.05) is 6.20 Å². The van der Waals surface area contributed by atoms with E-state index in [1.165, 1.54) is 0 Å². The number of hydrogen-bond donors (Lipinski definition) is 2. The Morgan fingerprint density at radius 2 is 2.46 bits per heavy atom. The summed E-state index contributed by atoms with van der Waals surface area (Å²) in [4.78, 5) is 14.0. The first-order chi connectivity index (χ1) is 6.25. The molecule has 13 heavy (non-hydrogen) atoms. The number of nitrogens with one attached hydrogen (secondary N) is 1. The molecule has 0 amide bonds. The van der Waals surface area contributed by atoms with Gasteiger partial charge in [0.05, 0.1) is 12.3 Å². The Morgan fingerprint density at radius 3 is 3.00 bits per heavy atom. The second kappa shape index (κ2) is 4.54. The van der Waals surface area contributed by atoms with Crippen LogP contribution in [0.4, 0.5) is 5.69 Å². The molecule has 1 aromatic rings. The highest BCUT2D eigenvalue weighted by Gasteiger charge is 2.10. The molecule has 1 heterocycles. The number of aromatic nitrogens is 1. The van der Waals surface area contributed by atoms with Gasteiger partial charge in [0.25, 0.3) is 0 Å². The highest BCUT2D eigenvalue weighted by atomic mass is 16.5. The lowest BCUT2D eigenvalue weighted by molar-refractivity contribution is 0.0495. The molecule has 4 heteroatoms. The fraction of sp³-hybridized carbons (Fsp3) is 0.444. The number of H-pyrrole nitrogens is 1. The van der Waals surface area contributed by atoms with Gasteiger partial charge in [-0.3, -0.25) is 0 Å². The van der Waals surface area contributed by atoms with Crippen LogP contribution in [0.5, 0.6) is 0 Å². The first kappa shape index (κ1) is 9.64. The standard InChI is InChI=1S/C9H14N2O2/c1-2-3-6-13-9(12)8-7(10)4-5-11-8/h4-5,11H,2-3,6,10H2,1H3. The van der Waals surface area contributed by atoms with Gasteiger partial charge in [-0.15, -0.1) is 0 Å². The lowest BCUT2D eigenvalue weighted by Gasteiger charge is -2.02. The molecule has 3 N–H and O–H groups in total. The summed E-state index contributed by atoms with van der Waals surface area (Å²) in [5.41, 5.74) is 6.29. The van der Waals surface area contributed by atoms with E-state index in [0.29, 0.717) is 18.0 Å². The number of anilines is 1. The number of ether oxygens (including phenoxy) is 1. The van der Waals surface area contributed by atoms with Crippen molar-refractivity contribution in [3.05, 3.63) is 18.0 Å². The topological polar surface area (TPSA) is 68.1 Å². The summed E-state index contributed by atoms with van der Waals surface area (Å²) in [5.74, 6) is -0.379. The smallest absolute Gasteiger partial charge is 0.356 e. The molecule has 1 rings (SSSR count). The number of unbranched alkanes of at least 4 members (excludes halogenated alkanes) is 1. The third-order valence-corrected chi connectivity index (χ3v) is 1.71. The molecule has 0 aromatic carbocycles. The minimum absolute atomic E-state index is 0.344. The number of nitrogens with two attached hydrogens (primary N) is 1. The molecular weight excluding hydrogens is 168 g/mol. The fourth-order valence-electron chi connectivity index (χ4n) is 0.940. The third-order valence-electron chi connectivity index (χ3n) is 1.71. The van der Waals surface area contributed by atoms with Gasteiger partial charge in [0.15, 0.2) is 0 Å².